The van der Waals surface area contributed by atoms with Crippen LogP contribution in [-0.4, -0.2) is 11.8 Å². The molecule has 0 bridgehead atoms. The third-order valence-electron chi connectivity index (χ3n) is 1.62. The van der Waals surface area contributed by atoms with Crippen molar-refractivity contribution in [2.45, 2.75) is 19.4 Å². The molecule has 10 heavy (non-hydrogen) atoms. The first-order chi connectivity index (χ1) is 4.69. The van der Waals surface area contributed by atoms with E-state index in [-0.39, 0.29) is 5.54 Å². The molecule has 0 N–H and O–H groups in total. The molecule has 52 valence electrons. The van der Waals surface area contributed by atoms with E-state index in [0.29, 0.717) is 0 Å². The maximum absolute atomic E-state index is 7.97. The predicted molar refractivity (Wildman–Crippen MR) is 39.8 cm³/mol. The number of aliphatic imine (C=N–C) groups is 1. The summed E-state index contributed by atoms with van der Waals surface area (Å²) in [6.07, 6.45) is 3.32. The van der Waals surface area contributed by atoms with Crippen LogP contribution in [0.3, 0.4) is 0 Å². The fraction of sp³-hybridized carbons (Fsp3) is 0.500. The van der Waals surface area contributed by atoms with Gasteiger partial charge in [0, 0.05) is 17.3 Å². The summed E-state index contributed by atoms with van der Waals surface area (Å²) in [5.41, 5.74) is 8.81. The van der Waals surface area contributed by atoms with E-state index >= 15 is 0 Å². The van der Waals surface area contributed by atoms with Gasteiger partial charge >= 0.3 is 0 Å². The molecule has 4 heteroatoms. The van der Waals surface area contributed by atoms with Crippen molar-refractivity contribution in [1.82, 2.24) is 0 Å². The second-order valence-corrected chi connectivity index (χ2v) is 2.42. The molecule has 0 aromatic carbocycles. The monoisotopic (exact) mass is 136 g/mol. The van der Waals surface area contributed by atoms with Crippen LogP contribution < -0.4 is 0 Å². The molecule has 0 radical (unpaired) electrons. The second kappa shape index (κ2) is 2.15. The molecule has 0 amide bonds. The van der Waals surface area contributed by atoms with Gasteiger partial charge in [-0.1, -0.05) is 5.11 Å². The molecule has 1 rings (SSSR count). The van der Waals surface area contributed by atoms with Crippen LogP contribution in [0.2, 0.25) is 0 Å². The van der Waals surface area contributed by atoms with Gasteiger partial charge in [0.2, 0.25) is 0 Å². The lowest BCUT2D eigenvalue weighted by Gasteiger charge is -2.03. The first-order valence-corrected chi connectivity index (χ1v) is 2.97. The highest BCUT2D eigenvalue weighted by atomic mass is 15.1. The Morgan fingerprint density at radius 2 is 2.50 bits per heavy atom. The summed E-state index contributed by atoms with van der Waals surface area (Å²) in [5, 5.41) is 3.32. The van der Waals surface area contributed by atoms with Crippen molar-refractivity contribution in [3.63, 3.8) is 0 Å². The molecule has 1 aliphatic heterocycles. The van der Waals surface area contributed by atoms with Gasteiger partial charge in [-0.05, 0) is 25.0 Å². The molecule has 0 saturated carbocycles. The molecule has 0 aromatic heterocycles. The number of azide groups is 1. The average Bonchev–Trinajstić information content (AvgIpc) is 2.64. The van der Waals surface area contributed by atoms with E-state index in [2.05, 4.69) is 15.0 Å². The van der Waals surface area contributed by atoms with Crippen molar-refractivity contribution in [3.05, 3.63) is 22.2 Å². The van der Waals surface area contributed by atoms with E-state index in [1.165, 1.54) is 6.20 Å². The van der Waals surface area contributed by atoms with Gasteiger partial charge < -0.3 is 0 Å². The summed E-state index contributed by atoms with van der Waals surface area (Å²) in [6.45, 7) is 3.85. The Morgan fingerprint density at radius 3 is 2.90 bits per heavy atom. The molecule has 1 atom stereocenters. The zero-order chi connectivity index (χ0) is 7.61. The normalized spacial score (nSPS) is 29.6. The molecule has 0 saturated heterocycles. The number of hydrogen-bond donors (Lipinski definition) is 0. The highest BCUT2D eigenvalue weighted by molar-refractivity contribution is 5.88. The topological polar surface area (TPSA) is 61.1 Å². The number of hydrogen-bond acceptors (Lipinski definition) is 2. The second-order valence-electron chi connectivity index (χ2n) is 2.42. The third kappa shape index (κ3) is 1.17. The van der Waals surface area contributed by atoms with Gasteiger partial charge in [-0.15, -0.1) is 0 Å². The molecule has 0 spiro atoms. The maximum atomic E-state index is 7.97. The Hall–Kier alpha value is -1.28. The van der Waals surface area contributed by atoms with Crippen LogP contribution in [0, 0.1) is 0 Å². The van der Waals surface area contributed by atoms with Gasteiger partial charge in [-0.3, -0.25) is 4.99 Å². The lowest BCUT2D eigenvalue weighted by atomic mass is 10.0. The van der Waals surface area contributed by atoms with E-state index in [9.17, 15) is 0 Å². The molecule has 1 heterocycles. The van der Waals surface area contributed by atoms with E-state index in [0.717, 1.165) is 5.57 Å². The Morgan fingerprint density at radius 1 is 1.90 bits per heavy atom. The minimum absolute atomic E-state index is 0.145. The van der Waals surface area contributed by atoms with Crippen LogP contribution in [0.25, 0.3) is 10.4 Å². The van der Waals surface area contributed by atoms with Crippen molar-refractivity contribution in [2.24, 2.45) is 10.1 Å². The molecule has 0 fully saturated rings. The standard InChI is InChI=1S/C6H8N4/c1-5(3-9-10-7)6(2)4-8-6/h3-4H,1-2H3/b5-3+. The Labute approximate surface area is 58.9 Å². The van der Waals surface area contributed by atoms with Crippen LogP contribution in [0.4, 0.5) is 0 Å². The summed E-state index contributed by atoms with van der Waals surface area (Å²) in [6, 6.07) is 0. The number of rotatable bonds is 2. The molecular weight excluding hydrogens is 128 g/mol. The summed E-state index contributed by atoms with van der Waals surface area (Å²) in [7, 11) is 0. The third-order valence-corrected chi connectivity index (χ3v) is 1.62. The molecule has 1 aliphatic rings. The van der Waals surface area contributed by atoms with Crippen LogP contribution in [0.15, 0.2) is 21.9 Å². The summed E-state index contributed by atoms with van der Waals surface area (Å²) < 4.78 is 0. The van der Waals surface area contributed by atoms with E-state index in [1.807, 2.05) is 20.1 Å². The van der Waals surface area contributed by atoms with Crippen molar-refractivity contribution < 1.29 is 0 Å². The first kappa shape index (κ1) is 6.83. The van der Waals surface area contributed by atoms with Crippen molar-refractivity contribution in [1.29, 1.82) is 0 Å². The molecule has 0 aromatic rings. The van der Waals surface area contributed by atoms with Gasteiger partial charge in [0.15, 0.2) is 0 Å². The van der Waals surface area contributed by atoms with Gasteiger partial charge in [0.25, 0.3) is 0 Å². The smallest absolute Gasteiger partial charge is 0.113 e. The molecule has 0 aliphatic carbocycles. The Kier molecular flexibility index (Phi) is 1.47. The summed E-state index contributed by atoms with van der Waals surface area (Å²) >= 11 is 0. The number of nitrogens with zero attached hydrogens (tertiary/aromatic N) is 4. The van der Waals surface area contributed by atoms with Crippen molar-refractivity contribution in [3.8, 4) is 0 Å². The summed E-state index contributed by atoms with van der Waals surface area (Å²) in [4.78, 5) is 6.62. The fourth-order valence-corrected chi connectivity index (χ4v) is 0.544. The van der Waals surface area contributed by atoms with E-state index in [1.54, 1.807) is 0 Å². The SMILES string of the molecule is C/C(=C\N=[N+]=[N-])C1(C)C=N1. The fourth-order valence-electron chi connectivity index (χ4n) is 0.544. The van der Waals surface area contributed by atoms with Gasteiger partial charge in [0.05, 0.1) is 0 Å². The van der Waals surface area contributed by atoms with Crippen LogP contribution in [0.5, 0.6) is 0 Å². The van der Waals surface area contributed by atoms with Gasteiger partial charge in [-0.2, -0.15) is 0 Å². The van der Waals surface area contributed by atoms with Gasteiger partial charge in [0.1, 0.15) is 5.54 Å². The quantitative estimate of drug-likeness (QED) is 0.317. The zero-order valence-corrected chi connectivity index (χ0v) is 5.94. The largest absolute Gasteiger partial charge is 0.278 e. The predicted octanol–water partition coefficient (Wildman–Crippen LogP) is 2.04. The van der Waals surface area contributed by atoms with Crippen molar-refractivity contribution >= 4 is 6.21 Å². The maximum Gasteiger partial charge on any atom is 0.113 e. The minimum atomic E-state index is -0.145. The van der Waals surface area contributed by atoms with E-state index in [4.69, 9.17) is 5.53 Å². The van der Waals surface area contributed by atoms with Crippen LogP contribution in [0.1, 0.15) is 13.8 Å². The van der Waals surface area contributed by atoms with E-state index < -0.39 is 0 Å². The Bertz CT molecular complexity index is 238. The first-order valence-electron chi connectivity index (χ1n) is 2.97. The zero-order valence-electron chi connectivity index (χ0n) is 5.94. The lowest BCUT2D eigenvalue weighted by Crippen LogP contribution is -2.07. The highest BCUT2D eigenvalue weighted by Crippen LogP contribution is 2.28. The Balaban J connectivity index is 2.64. The molecule has 1 unspecified atom stereocenters. The molecular formula is C6H8N4. The molecule has 4 nitrogen and oxygen atoms in total. The highest BCUT2D eigenvalue weighted by Gasteiger charge is 2.31. The van der Waals surface area contributed by atoms with Crippen LogP contribution >= 0.6 is 0 Å². The van der Waals surface area contributed by atoms with Gasteiger partial charge in [-0.25, -0.2) is 0 Å². The van der Waals surface area contributed by atoms with Crippen LogP contribution in [-0.2, 0) is 0 Å². The lowest BCUT2D eigenvalue weighted by molar-refractivity contribution is 0.854. The minimum Gasteiger partial charge on any atom is -0.278 e. The summed E-state index contributed by atoms with van der Waals surface area (Å²) in [5.74, 6) is 0. The average molecular weight is 136 g/mol. The van der Waals surface area contributed by atoms with Crippen molar-refractivity contribution in [2.75, 3.05) is 0 Å².